The maximum Gasteiger partial charge on any atom is 0.222 e. The van der Waals surface area contributed by atoms with Gasteiger partial charge in [0.15, 0.2) is 0 Å². The van der Waals surface area contributed by atoms with Crippen molar-refractivity contribution in [3.05, 3.63) is 0 Å². The molecule has 0 heterocycles. The Morgan fingerprint density at radius 1 is 1.64 bits per heavy atom. The minimum atomic E-state index is -0.120. The minimum Gasteiger partial charge on any atom is -0.409 e. The third-order valence-electron chi connectivity index (χ3n) is 2.06. The minimum absolute atomic E-state index is 0.0880. The second-order valence-corrected chi connectivity index (χ2v) is 3.45. The van der Waals surface area contributed by atoms with E-state index < -0.39 is 0 Å². The summed E-state index contributed by atoms with van der Waals surface area (Å²) in [5.41, 5.74) is 5.40. The van der Waals surface area contributed by atoms with Gasteiger partial charge in [0.25, 0.3) is 0 Å². The van der Waals surface area contributed by atoms with Gasteiger partial charge >= 0.3 is 0 Å². The van der Waals surface area contributed by atoms with E-state index in [1.807, 2.05) is 13.8 Å². The highest BCUT2D eigenvalue weighted by Gasteiger charge is 2.14. The Labute approximate surface area is 84.6 Å². The molecule has 0 aliphatic heterocycles. The summed E-state index contributed by atoms with van der Waals surface area (Å²) in [6.45, 7) is 4.25. The van der Waals surface area contributed by atoms with E-state index in [2.05, 4.69) is 5.16 Å². The number of nitrogens with zero attached hydrogens (tertiary/aromatic N) is 2. The van der Waals surface area contributed by atoms with Gasteiger partial charge in [0.05, 0.1) is 0 Å². The summed E-state index contributed by atoms with van der Waals surface area (Å²) in [5, 5.41) is 11.3. The molecule has 5 nitrogen and oxygen atoms in total. The van der Waals surface area contributed by atoms with Gasteiger partial charge in [-0.05, 0) is 6.42 Å². The fourth-order valence-corrected chi connectivity index (χ4v) is 1.11. The van der Waals surface area contributed by atoms with Gasteiger partial charge in [-0.1, -0.05) is 19.0 Å². The lowest BCUT2D eigenvalue weighted by atomic mass is 10.1. The van der Waals surface area contributed by atoms with Crippen LogP contribution in [-0.4, -0.2) is 35.4 Å². The molecule has 5 heteroatoms. The van der Waals surface area contributed by atoms with Gasteiger partial charge in [0.2, 0.25) is 5.91 Å². The van der Waals surface area contributed by atoms with Crippen LogP contribution in [0.4, 0.5) is 0 Å². The van der Waals surface area contributed by atoms with E-state index in [1.54, 1.807) is 11.9 Å². The molecule has 1 amide bonds. The van der Waals surface area contributed by atoms with Crippen LogP contribution < -0.4 is 5.73 Å². The van der Waals surface area contributed by atoms with Crippen molar-refractivity contribution in [3.8, 4) is 0 Å². The van der Waals surface area contributed by atoms with Crippen molar-refractivity contribution >= 4 is 11.7 Å². The number of hydrogen-bond acceptors (Lipinski definition) is 3. The van der Waals surface area contributed by atoms with Gasteiger partial charge in [-0.3, -0.25) is 4.79 Å². The van der Waals surface area contributed by atoms with E-state index in [4.69, 9.17) is 10.9 Å². The maximum atomic E-state index is 11.4. The number of hydrogen-bond donors (Lipinski definition) is 2. The quantitative estimate of drug-likeness (QED) is 0.296. The van der Waals surface area contributed by atoms with Gasteiger partial charge in [-0.2, -0.15) is 0 Å². The van der Waals surface area contributed by atoms with E-state index in [-0.39, 0.29) is 17.7 Å². The molecule has 0 spiro atoms. The standard InChI is InChI=1S/C9H19N3O2/c1-4-5-8(13)12(3)6-7(2)9(10)11-14/h7,14H,4-6H2,1-3H3,(H2,10,11). The SMILES string of the molecule is CCCC(=O)N(C)CC(C)C(N)=NO. The maximum absolute atomic E-state index is 11.4. The molecule has 3 N–H and O–H groups in total. The van der Waals surface area contributed by atoms with Gasteiger partial charge in [-0.25, -0.2) is 0 Å². The van der Waals surface area contributed by atoms with Crippen LogP contribution in [0.1, 0.15) is 26.7 Å². The van der Waals surface area contributed by atoms with Gasteiger partial charge in [-0.15, -0.1) is 0 Å². The van der Waals surface area contributed by atoms with Crippen LogP contribution in [-0.2, 0) is 4.79 Å². The molecule has 0 rings (SSSR count). The fourth-order valence-electron chi connectivity index (χ4n) is 1.11. The highest BCUT2D eigenvalue weighted by Crippen LogP contribution is 2.01. The molecule has 0 saturated heterocycles. The van der Waals surface area contributed by atoms with E-state index in [0.717, 1.165) is 6.42 Å². The average molecular weight is 201 g/mol. The zero-order valence-corrected chi connectivity index (χ0v) is 9.03. The summed E-state index contributed by atoms with van der Waals surface area (Å²) >= 11 is 0. The molecule has 0 aliphatic carbocycles. The molecular weight excluding hydrogens is 182 g/mol. The van der Waals surface area contributed by atoms with Crippen LogP contribution in [0.3, 0.4) is 0 Å². The van der Waals surface area contributed by atoms with Gasteiger partial charge in [0.1, 0.15) is 5.84 Å². The highest BCUT2D eigenvalue weighted by molar-refractivity contribution is 5.83. The second kappa shape index (κ2) is 6.23. The predicted molar refractivity (Wildman–Crippen MR) is 55.1 cm³/mol. The van der Waals surface area contributed by atoms with Crippen LogP contribution in [0.2, 0.25) is 0 Å². The smallest absolute Gasteiger partial charge is 0.222 e. The molecule has 0 saturated carbocycles. The van der Waals surface area contributed by atoms with E-state index >= 15 is 0 Å². The number of amides is 1. The lowest BCUT2D eigenvalue weighted by Gasteiger charge is -2.20. The molecule has 0 aromatic rings. The van der Waals surface area contributed by atoms with Crippen LogP contribution in [0, 0.1) is 5.92 Å². The number of nitrogens with two attached hydrogens (primary N) is 1. The molecule has 0 radical (unpaired) electrons. The summed E-state index contributed by atoms with van der Waals surface area (Å²) in [5.74, 6) is 0.122. The van der Waals surface area contributed by atoms with Crippen molar-refractivity contribution in [2.75, 3.05) is 13.6 Å². The predicted octanol–water partition coefficient (Wildman–Crippen LogP) is 0.627. The van der Waals surface area contributed by atoms with E-state index in [0.29, 0.717) is 13.0 Å². The number of carbonyl (C=O) groups is 1. The van der Waals surface area contributed by atoms with Crippen molar-refractivity contribution in [1.29, 1.82) is 0 Å². The van der Waals surface area contributed by atoms with Gasteiger partial charge in [0, 0.05) is 25.9 Å². The first-order chi connectivity index (χ1) is 6.52. The second-order valence-electron chi connectivity index (χ2n) is 3.45. The van der Waals surface area contributed by atoms with Crippen molar-refractivity contribution < 1.29 is 10.0 Å². The topological polar surface area (TPSA) is 78.9 Å². The first-order valence-corrected chi connectivity index (χ1v) is 4.74. The number of rotatable bonds is 5. The lowest BCUT2D eigenvalue weighted by Crippen LogP contribution is -2.36. The third kappa shape index (κ3) is 4.11. The summed E-state index contributed by atoms with van der Waals surface area (Å²) < 4.78 is 0. The summed E-state index contributed by atoms with van der Waals surface area (Å²) in [6.07, 6.45) is 1.38. The van der Waals surface area contributed by atoms with E-state index in [9.17, 15) is 4.79 Å². The number of oxime groups is 1. The van der Waals surface area contributed by atoms with E-state index in [1.165, 1.54) is 0 Å². The van der Waals surface area contributed by atoms with Gasteiger partial charge < -0.3 is 15.8 Å². The zero-order valence-electron chi connectivity index (χ0n) is 9.03. The average Bonchev–Trinajstić information content (AvgIpc) is 2.16. The normalized spacial score (nSPS) is 13.8. The Kier molecular flexibility index (Phi) is 5.67. The lowest BCUT2D eigenvalue weighted by molar-refractivity contribution is -0.130. The van der Waals surface area contributed by atoms with Crippen molar-refractivity contribution in [2.45, 2.75) is 26.7 Å². The van der Waals surface area contributed by atoms with Crippen LogP contribution in [0.5, 0.6) is 0 Å². The Balaban J connectivity index is 4.05. The molecular formula is C9H19N3O2. The monoisotopic (exact) mass is 201 g/mol. The molecule has 0 aromatic heterocycles. The Hall–Kier alpha value is -1.26. The summed E-state index contributed by atoms with van der Waals surface area (Å²) in [4.78, 5) is 13.0. The largest absolute Gasteiger partial charge is 0.409 e. The van der Waals surface area contributed by atoms with Crippen molar-refractivity contribution in [2.24, 2.45) is 16.8 Å². The number of amidine groups is 1. The summed E-state index contributed by atoms with van der Waals surface area (Å²) in [7, 11) is 1.72. The highest BCUT2D eigenvalue weighted by atomic mass is 16.4. The molecule has 0 aliphatic rings. The first kappa shape index (κ1) is 12.7. The van der Waals surface area contributed by atoms with Crippen LogP contribution in [0.15, 0.2) is 5.16 Å². The third-order valence-corrected chi connectivity index (χ3v) is 2.06. The molecule has 1 unspecified atom stereocenters. The molecule has 0 aromatic carbocycles. The Morgan fingerprint density at radius 3 is 2.64 bits per heavy atom. The van der Waals surface area contributed by atoms with Crippen molar-refractivity contribution in [1.82, 2.24) is 4.90 Å². The summed E-state index contributed by atoms with van der Waals surface area (Å²) in [6, 6.07) is 0. The number of carbonyl (C=O) groups excluding carboxylic acids is 1. The molecule has 14 heavy (non-hydrogen) atoms. The molecule has 0 bridgehead atoms. The zero-order chi connectivity index (χ0) is 11.1. The molecule has 82 valence electrons. The molecule has 1 atom stereocenters. The first-order valence-electron chi connectivity index (χ1n) is 4.74. The molecule has 0 fully saturated rings. The Morgan fingerprint density at radius 2 is 2.21 bits per heavy atom. The Bertz CT molecular complexity index is 216. The van der Waals surface area contributed by atoms with Crippen molar-refractivity contribution in [3.63, 3.8) is 0 Å². The van der Waals surface area contributed by atoms with Crippen LogP contribution >= 0.6 is 0 Å². The van der Waals surface area contributed by atoms with Crippen LogP contribution in [0.25, 0.3) is 0 Å². The fraction of sp³-hybridized carbons (Fsp3) is 0.778.